The van der Waals surface area contributed by atoms with E-state index in [0.29, 0.717) is 0 Å². The van der Waals surface area contributed by atoms with Gasteiger partial charge in [0.15, 0.2) is 0 Å². The van der Waals surface area contributed by atoms with Crippen molar-refractivity contribution in [3.63, 3.8) is 0 Å². The molecule has 0 aromatic carbocycles. The summed E-state index contributed by atoms with van der Waals surface area (Å²) in [5, 5.41) is 8.43. The van der Waals surface area contributed by atoms with Crippen molar-refractivity contribution in [1.82, 2.24) is 0 Å². The van der Waals surface area contributed by atoms with E-state index < -0.39 is 23.7 Å². The zero-order chi connectivity index (χ0) is 9.23. The maximum Gasteiger partial charge on any atom is 0.306 e. The van der Waals surface area contributed by atoms with Crippen LogP contribution in [0.3, 0.4) is 0 Å². The molecule has 1 N–H and O–H groups in total. The molecule has 4 heteroatoms. The third-order valence-corrected chi connectivity index (χ3v) is 2.05. The fourth-order valence-electron chi connectivity index (χ4n) is 0.507. The van der Waals surface area contributed by atoms with E-state index in [9.17, 15) is 13.6 Å². The van der Waals surface area contributed by atoms with Crippen LogP contribution in [0.5, 0.6) is 0 Å². The molecule has 0 amide bonds. The first kappa shape index (κ1) is 10.3. The van der Waals surface area contributed by atoms with Crippen LogP contribution in [-0.2, 0) is 4.79 Å². The molecule has 66 valence electrons. The van der Waals surface area contributed by atoms with Gasteiger partial charge >= 0.3 is 5.97 Å². The lowest BCUT2D eigenvalue weighted by molar-refractivity contribution is -0.149. The molecule has 0 bridgehead atoms. The summed E-state index contributed by atoms with van der Waals surface area (Å²) in [6.07, 6.45) is -2.60. The summed E-state index contributed by atoms with van der Waals surface area (Å²) in [5.41, 5.74) is -1.45. The Balaban J connectivity index is 4.41. The summed E-state index contributed by atoms with van der Waals surface area (Å²) in [7, 11) is 0. The molecular formula is C7H12F2O2. The minimum absolute atomic E-state index is 1.03. The van der Waals surface area contributed by atoms with Gasteiger partial charge in [0.05, 0.1) is 5.92 Å². The summed E-state index contributed by atoms with van der Waals surface area (Å²) in [6.45, 7) is 3.78. The average molecular weight is 166 g/mol. The van der Waals surface area contributed by atoms with Crippen LogP contribution in [0.15, 0.2) is 0 Å². The van der Waals surface area contributed by atoms with E-state index in [1.165, 1.54) is 20.8 Å². The van der Waals surface area contributed by atoms with Crippen molar-refractivity contribution in [2.24, 2.45) is 11.3 Å². The van der Waals surface area contributed by atoms with Crippen LogP contribution in [0.1, 0.15) is 20.8 Å². The Bertz CT molecular complexity index is 155. The molecule has 0 aliphatic carbocycles. The van der Waals surface area contributed by atoms with Gasteiger partial charge in [-0.15, -0.1) is 0 Å². The molecule has 0 aromatic heterocycles. The highest BCUT2D eigenvalue weighted by Crippen LogP contribution is 2.33. The highest BCUT2D eigenvalue weighted by molar-refractivity contribution is 5.70. The monoisotopic (exact) mass is 166 g/mol. The Kier molecular flexibility index (Phi) is 2.96. The van der Waals surface area contributed by atoms with Crippen LogP contribution in [0, 0.1) is 11.3 Å². The molecule has 0 aliphatic heterocycles. The normalized spacial score (nSPS) is 15.1. The topological polar surface area (TPSA) is 37.3 Å². The van der Waals surface area contributed by atoms with E-state index in [4.69, 9.17) is 5.11 Å². The van der Waals surface area contributed by atoms with Crippen molar-refractivity contribution in [2.75, 3.05) is 0 Å². The minimum atomic E-state index is -2.60. The Morgan fingerprint density at radius 1 is 1.45 bits per heavy atom. The average Bonchev–Trinajstić information content (AvgIpc) is 1.85. The summed E-state index contributed by atoms with van der Waals surface area (Å²) < 4.78 is 24.3. The SMILES string of the molecule is C[C@@H](C(=O)O)C(C)(C)C(F)F. The maximum atomic E-state index is 12.2. The van der Waals surface area contributed by atoms with Gasteiger partial charge in [-0.3, -0.25) is 4.79 Å². The van der Waals surface area contributed by atoms with E-state index in [0.717, 1.165) is 0 Å². The molecule has 2 nitrogen and oxygen atoms in total. The molecule has 0 saturated heterocycles. The fraction of sp³-hybridized carbons (Fsp3) is 0.857. The Morgan fingerprint density at radius 3 is 1.91 bits per heavy atom. The second-order valence-corrected chi connectivity index (χ2v) is 3.18. The van der Waals surface area contributed by atoms with Gasteiger partial charge in [0.2, 0.25) is 6.43 Å². The highest BCUT2D eigenvalue weighted by atomic mass is 19.3. The highest BCUT2D eigenvalue weighted by Gasteiger charge is 2.39. The number of carbonyl (C=O) groups is 1. The number of hydrogen-bond acceptors (Lipinski definition) is 1. The Labute approximate surface area is 64.2 Å². The first-order valence-corrected chi connectivity index (χ1v) is 3.31. The lowest BCUT2D eigenvalue weighted by Crippen LogP contribution is -2.34. The number of alkyl halides is 2. The lowest BCUT2D eigenvalue weighted by Gasteiger charge is -2.27. The van der Waals surface area contributed by atoms with Crippen LogP contribution >= 0.6 is 0 Å². The number of carboxylic acid groups (broad SMARTS) is 1. The molecule has 0 rings (SSSR count). The number of hydrogen-bond donors (Lipinski definition) is 1. The van der Waals surface area contributed by atoms with Crippen LogP contribution in [0.25, 0.3) is 0 Å². The fourth-order valence-corrected chi connectivity index (χ4v) is 0.507. The van der Waals surface area contributed by atoms with Crippen LogP contribution in [-0.4, -0.2) is 17.5 Å². The summed E-state index contributed by atoms with van der Waals surface area (Å²) in [5.74, 6) is -2.21. The number of carboxylic acids is 1. The molecular weight excluding hydrogens is 154 g/mol. The maximum absolute atomic E-state index is 12.2. The van der Waals surface area contributed by atoms with E-state index in [-0.39, 0.29) is 0 Å². The van der Waals surface area contributed by atoms with Gasteiger partial charge in [0.25, 0.3) is 0 Å². The van der Waals surface area contributed by atoms with Gasteiger partial charge in [-0.1, -0.05) is 20.8 Å². The molecule has 11 heavy (non-hydrogen) atoms. The van der Waals surface area contributed by atoms with E-state index in [1.807, 2.05) is 0 Å². The molecule has 0 fully saturated rings. The quantitative estimate of drug-likeness (QED) is 0.696. The lowest BCUT2D eigenvalue weighted by atomic mass is 9.80. The van der Waals surface area contributed by atoms with Gasteiger partial charge in [0.1, 0.15) is 0 Å². The van der Waals surface area contributed by atoms with Crippen molar-refractivity contribution < 1.29 is 18.7 Å². The van der Waals surface area contributed by atoms with Crippen molar-refractivity contribution in [1.29, 1.82) is 0 Å². The van der Waals surface area contributed by atoms with E-state index in [2.05, 4.69) is 0 Å². The van der Waals surface area contributed by atoms with Gasteiger partial charge < -0.3 is 5.11 Å². The van der Waals surface area contributed by atoms with E-state index in [1.54, 1.807) is 0 Å². The second-order valence-electron chi connectivity index (χ2n) is 3.18. The molecule has 0 saturated carbocycles. The summed E-state index contributed by atoms with van der Waals surface area (Å²) >= 11 is 0. The van der Waals surface area contributed by atoms with Gasteiger partial charge in [0, 0.05) is 5.41 Å². The molecule has 1 atom stereocenters. The number of rotatable bonds is 3. The zero-order valence-corrected chi connectivity index (χ0v) is 6.77. The Hall–Kier alpha value is -0.670. The van der Waals surface area contributed by atoms with Crippen LogP contribution < -0.4 is 0 Å². The first-order chi connectivity index (χ1) is 4.80. The summed E-state index contributed by atoms with van der Waals surface area (Å²) in [6, 6.07) is 0. The minimum Gasteiger partial charge on any atom is -0.481 e. The van der Waals surface area contributed by atoms with Crippen molar-refractivity contribution in [3.8, 4) is 0 Å². The molecule has 0 aromatic rings. The molecule has 0 aliphatic rings. The molecule has 0 heterocycles. The van der Waals surface area contributed by atoms with Crippen molar-refractivity contribution >= 4 is 5.97 Å². The van der Waals surface area contributed by atoms with Crippen molar-refractivity contribution in [3.05, 3.63) is 0 Å². The molecule has 0 spiro atoms. The smallest absolute Gasteiger partial charge is 0.306 e. The van der Waals surface area contributed by atoms with Gasteiger partial charge in [-0.05, 0) is 0 Å². The number of halogens is 2. The third kappa shape index (κ3) is 2.13. The van der Waals surface area contributed by atoms with Crippen LogP contribution in [0.4, 0.5) is 8.78 Å². The predicted molar refractivity (Wildman–Crippen MR) is 36.6 cm³/mol. The second kappa shape index (κ2) is 3.15. The van der Waals surface area contributed by atoms with Crippen LogP contribution in [0.2, 0.25) is 0 Å². The zero-order valence-electron chi connectivity index (χ0n) is 6.77. The van der Waals surface area contributed by atoms with Gasteiger partial charge in [-0.25, -0.2) is 8.78 Å². The third-order valence-electron chi connectivity index (χ3n) is 2.05. The summed E-state index contributed by atoms with van der Waals surface area (Å²) in [4.78, 5) is 10.3. The van der Waals surface area contributed by atoms with Gasteiger partial charge in [-0.2, -0.15) is 0 Å². The first-order valence-electron chi connectivity index (χ1n) is 3.31. The molecule has 0 unspecified atom stereocenters. The predicted octanol–water partition coefficient (Wildman–Crippen LogP) is 2.00. The van der Waals surface area contributed by atoms with Crippen molar-refractivity contribution in [2.45, 2.75) is 27.2 Å². The Morgan fingerprint density at radius 2 is 1.82 bits per heavy atom. The number of aliphatic carboxylic acids is 1. The molecule has 0 radical (unpaired) electrons. The van der Waals surface area contributed by atoms with E-state index >= 15 is 0 Å². The standard InChI is InChI=1S/C7H12F2O2/c1-4(5(10)11)7(2,3)6(8)9/h4,6H,1-3H3,(H,10,11)/t4-/m0/s1. The largest absolute Gasteiger partial charge is 0.481 e.